The normalized spacial score (nSPS) is 12.2. The number of hydrogen-bond donors (Lipinski definition) is 2. The minimum Gasteiger partial charge on any atom is -0.353 e. The monoisotopic (exact) mass is 358 g/mol. The molecule has 2 aromatic heterocycles. The van der Waals surface area contributed by atoms with Crippen LogP contribution < -0.4 is 10.9 Å². The standard InChI is InChI=1S/C16H18N6O2S/c1-3-10(2)19-13(23)8-25-16-20-12-7-5-4-6-11(12)14(24)22(16)15-17-9-18-21-15/h4-7,9-10H,3,8H2,1-2H3,(H,19,23)(H,17,18,21)/t10-/m0/s1. The fraction of sp³-hybridized carbons (Fsp3) is 0.312. The van der Waals surface area contributed by atoms with Gasteiger partial charge in [0.25, 0.3) is 5.56 Å². The van der Waals surface area contributed by atoms with Crippen LogP contribution in [0.5, 0.6) is 0 Å². The molecule has 1 atom stereocenters. The van der Waals surface area contributed by atoms with Crippen LogP contribution in [0.25, 0.3) is 16.9 Å². The summed E-state index contributed by atoms with van der Waals surface area (Å²) >= 11 is 1.19. The number of carbonyl (C=O) groups is 1. The zero-order valence-corrected chi connectivity index (χ0v) is 14.7. The number of nitrogens with zero attached hydrogens (tertiary/aromatic N) is 4. The number of para-hydroxylation sites is 1. The molecular formula is C16H18N6O2S. The molecule has 130 valence electrons. The Kier molecular flexibility index (Phi) is 5.13. The van der Waals surface area contributed by atoms with Crippen LogP contribution in [0, 0.1) is 0 Å². The minimum absolute atomic E-state index is 0.106. The Labute approximate surface area is 148 Å². The Morgan fingerprint density at radius 2 is 2.20 bits per heavy atom. The lowest BCUT2D eigenvalue weighted by Crippen LogP contribution is -2.33. The molecule has 0 saturated heterocycles. The number of rotatable bonds is 6. The first-order chi connectivity index (χ1) is 12.1. The second kappa shape index (κ2) is 7.47. The Balaban J connectivity index is 1.97. The lowest BCUT2D eigenvalue weighted by Gasteiger charge is -2.12. The highest BCUT2D eigenvalue weighted by Gasteiger charge is 2.16. The molecule has 0 aliphatic rings. The molecule has 1 amide bonds. The Hall–Kier alpha value is -2.68. The first-order valence-electron chi connectivity index (χ1n) is 7.89. The Morgan fingerprint density at radius 3 is 2.92 bits per heavy atom. The number of carbonyl (C=O) groups excluding carboxylic acids is 1. The number of hydrogen-bond acceptors (Lipinski definition) is 6. The van der Waals surface area contributed by atoms with Crippen LogP contribution in [0.2, 0.25) is 0 Å². The van der Waals surface area contributed by atoms with E-state index in [0.717, 1.165) is 6.42 Å². The van der Waals surface area contributed by atoms with Gasteiger partial charge in [0.05, 0.1) is 16.7 Å². The van der Waals surface area contributed by atoms with Crippen LogP contribution in [0.3, 0.4) is 0 Å². The summed E-state index contributed by atoms with van der Waals surface area (Å²) in [6.45, 7) is 3.95. The molecule has 1 aromatic carbocycles. The van der Waals surface area contributed by atoms with Crippen molar-refractivity contribution in [3.8, 4) is 5.95 Å². The molecule has 2 N–H and O–H groups in total. The molecule has 3 rings (SSSR count). The van der Waals surface area contributed by atoms with Gasteiger partial charge in [-0.3, -0.25) is 9.59 Å². The van der Waals surface area contributed by atoms with Crippen molar-refractivity contribution in [1.82, 2.24) is 30.0 Å². The third kappa shape index (κ3) is 3.71. The number of aromatic nitrogens is 5. The molecule has 0 radical (unpaired) electrons. The predicted octanol–water partition coefficient (Wildman–Crippen LogP) is 1.51. The number of amides is 1. The number of nitrogens with one attached hydrogen (secondary N) is 2. The average Bonchev–Trinajstić information content (AvgIpc) is 3.14. The van der Waals surface area contributed by atoms with Gasteiger partial charge in [0, 0.05) is 6.04 Å². The predicted molar refractivity (Wildman–Crippen MR) is 95.9 cm³/mol. The highest BCUT2D eigenvalue weighted by atomic mass is 32.2. The van der Waals surface area contributed by atoms with E-state index >= 15 is 0 Å². The van der Waals surface area contributed by atoms with Gasteiger partial charge in [0.1, 0.15) is 6.33 Å². The van der Waals surface area contributed by atoms with Gasteiger partial charge in [-0.1, -0.05) is 30.8 Å². The van der Waals surface area contributed by atoms with Crippen molar-refractivity contribution in [2.24, 2.45) is 0 Å². The maximum absolute atomic E-state index is 12.8. The molecule has 3 aromatic rings. The summed E-state index contributed by atoms with van der Waals surface area (Å²) in [4.78, 5) is 33.5. The van der Waals surface area contributed by atoms with Crippen molar-refractivity contribution in [1.29, 1.82) is 0 Å². The average molecular weight is 358 g/mol. The van der Waals surface area contributed by atoms with Crippen molar-refractivity contribution in [2.45, 2.75) is 31.5 Å². The lowest BCUT2D eigenvalue weighted by molar-refractivity contribution is -0.119. The van der Waals surface area contributed by atoms with E-state index in [9.17, 15) is 9.59 Å². The summed E-state index contributed by atoms with van der Waals surface area (Å²) in [7, 11) is 0. The van der Waals surface area contributed by atoms with E-state index in [0.29, 0.717) is 16.1 Å². The number of fused-ring (bicyclic) bond motifs is 1. The molecular weight excluding hydrogens is 340 g/mol. The van der Waals surface area contributed by atoms with Crippen molar-refractivity contribution < 1.29 is 4.79 Å². The zero-order valence-electron chi connectivity index (χ0n) is 13.9. The number of H-pyrrole nitrogens is 1. The van der Waals surface area contributed by atoms with Gasteiger partial charge < -0.3 is 5.32 Å². The fourth-order valence-corrected chi connectivity index (χ4v) is 3.06. The highest BCUT2D eigenvalue weighted by Crippen LogP contribution is 2.19. The van der Waals surface area contributed by atoms with Crippen LogP contribution in [0.4, 0.5) is 0 Å². The fourth-order valence-electron chi connectivity index (χ4n) is 2.25. The van der Waals surface area contributed by atoms with Crippen LogP contribution in [-0.4, -0.2) is 42.4 Å². The quantitative estimate of drug-likeness (QED) is 0.511. The van der Waals surface area contributed by atoms with Gasteiger partial charge >= 0.3 is 0 Å². The number of aromatic amines is 1. The first-order valence-corrected chi connectivity index (χ1v) is 8.88. The van der Waals surface area contributed by atoms with Crippen molar-refractivity contribution in [3.63, 3.8) is 0 Å². The molecule has 2 heterocycles. The molecule has 0 unspecified atom stereocenters. The summed E-state index contributed by atoms with van der Waals surface area (Å²) in [6, 6.07) is 7.18. The summed E-state index contributed by atoms with van der Waals surface area (Å²) < 4.78 is 1.34. The molecule has 0 spiro atoms. The van der Waals surface area contributed by atoms with Gasteiger partial charge in [-0.25, -0.2) is 14.6 Å². The molecule has 8 nitrogen and oxygen atoms in total. The van der Waals surface area contributed by atoms with Gasteiger partial charge in [-0.2, -0.15) is 10.1 Å². The van der Waals surface area contributed by atoms with Crippen LogP contribution >= 0.6 is 11.8 Å². The van der Waals surface area contributed by atoms with E-state index in [4.69, 9.17) is 0 Å². The first kappa shape index (κ1) is 17.2. The largest absolute Gasteiger partial charge is 0.353 e. The minimum atomic E-state index is -0.257. The summed E-state index contributed by atoms with van der Waals surface area (Å²) in [5.41, 5.74) is 0.320. The highest BCUT2D eigenvalue weighted by molar-refractivity contribution is 7.99. The molecule has 0 fully saturated rings. The second-order valence-electron chi connectivity index (χ2n) is 5.53. The molecule has 0 bridgehead atoms. The SMILES string of the molecule is CC[C@H](C)NC(=O)CSc1nc2ccccc2c(=O)n1-c1ncn[nH]1. The third-order valence-corrected chi connectivity index (χ3v) is 4.65. The van der Waals surface area contributed by atoms with E-state index < -0.39 is 0 Å². The van der Waals surface area contributed by atoms with Crippen molar-refractivity contribution in [3.05, 3.63) is 40.9 Å². The molecule has 0 aliphatic heterocycles. The Morgan fingerprint density at radius 1 is 1.40 bits per heavy atom. The van der Waals surface area contributed by atoms with E-state index in [1.54, 1.807) is 18.2 Å². The number of benzene rings is 1. The molecule has 0 aliphatic carbocycles. The maximum atomic E-state index is 12.8. The smallest absolute Gasteiger partial charge is 0.269 e. The molecule has 25 heavy (non-hydrogen) atoms. The van der Waals surface area contributed by atoms with Crippen molar-refractivity contribution >= 4 is 28.6 Å². The van der Waals surface area contributed by atoms with Gasteiger partial charge in [-0.15, -0.1) is 0 Å². The van der Waals surface area contributed by atoms with Crippen LogP contribution in [0.1, 0.15) is 20.3 Å². The van der Waals surface area contributed by atoms with E-state index in [-0.39, 0.29) is 29.2 Å². The third-order valence-electron chi connectivity index (χ3n) is 3.71. The summed E-state index contributed by atoms with van der Waals surface area (Å²) in [6.07, 6.45) is 2.18. The second-order valence-corrected chi connectivity index (χ2v) is 6.47. The zero-order chi connectivity index (χ0) is 17.8. The van der Waals surface area contributed by atoms with Gasteiger partial charge in [0.2, 0.25) is 11.9 Å². The number of thioether (sulfide) groups is 1. The summed E-state index contributed by atoms with van der Waals surface area (Å²) in [5.74, 6) is 0.322. The Bertz CT molecular complexity index is 937. The van der Waals surface area contributed by atoms with E-state index in [1.165, 1.54) is 22.7 Å². The van der Waals surface area contributed by atoms with Crippen LogP contribution in [-0.2, 0) is 4.79 Å². The topological polar surface area (TPSA) is 106 Å². The van der Waals surface area contributed by atoms with Gasteiger partial charge in [-0.05, 0) is 25.5 Å². The lowest BCUT2D eigenvalue weighted by atomic mass is 10.2. The maximum Gasteiger partial charge on any atom is 0.269 e. The van der Waals surface area contributed by atoms with E-state index in [2.05, 4.69) is 25.5 Å². The molecule has 0 saturated carbocycles. The van der Waals surface area contributed by atoms with Crippen molar-refractivity contribution in [2.75, 3.05) is 5.75 Å². The molecule has 9 heteroatoms. The van der Waals surface area contributed by atoms with Crippen LogP contribution in [0.15, 0.2) is 40.5 Å². The van der Waals surface area contributed by atoms with Gasteiger partial charge in [0.15, 0.2) is 5.16 Å². The van der Waals surface area contributed by atoms with E-state index in [1.807, 2.05) is 19.9 Å². The summed E-state index contributed by atoms with van der Waals surface area (Å²) in [5, 5.41) is 10.2.